The summed E-state index contributed by atoms with van der Waals surface area (Å²) in [5.74, 6) is -4.08. The predicted octanol–water partition coefficient (Wildman–Crippen LogP) is 3.33. The van der Waals surface area contributed by atoms with E-state index in [9.17, 15) is 31.1 Å². The SMILES string of the molecule is O=C(NCC1CCNCC1)c1[nH]nc2nc(N3CCCCCC3)ccc12.O=C(O)C(F)(F)F.O=C(O)C(F)(F)F. The fourth-order valence-corrected chi connectivity index (χ4v) is 3.95. The summed E-state index contributed by atoms with van der Waals surface area (Å²) in [5, 5.41) is 28.6. The summed E-state index contributed by atoms with van der Waals surface area (Å²) in [4.78, 5) is 37.4. The van der Waals surface area contributed by atoms with Gasteiger partial charge in [0, 0.05) is 19.6 Å². The summed E-state index contributed by atoms with van der Waals surface area (Å²) in [6.07, 6.45) is -2.92. The van der Waals surface area contributed by atoms with Crippen molar-refractivity contribution in [3.05, 3.63) is 17.8 Å². The lowest BCUT2D eigenvalue weighted by atomic mass is 9.98. The average molecular weight is 585 g/mol. The third-order valence-electron chi connectivity index (χ3n) is 6.06. The van der Waals surface area contributed by atoms with Crippen LogP contribution in [-0.4, -0.2) is 88.3 Å². The van der Waals surface area contributed by atoms with E-state index in [1.807, 2.05) is 12.1 Å². The fourth-order valence-electron chi connectivity index (χ4n) is 3.95. The van der Waals surface area contributed by atoms with Crippen molar-refractivity contribution in [3.63, 3.8) is 0 Å². The number of aromatic nitrogens is 3. The van der Waals surface area contributed by atoms with Gasteiger partial charge in [0.2, 0.25) is 0 Å². The Morgan fingerprint density at radius 1 is 0.925 bits per heavy atom. The molecule has 2 aromatic heterocycles. The van der Waals surface area contributed by atoms with E-state index >= 15 is 0 Å². The molecule has 0 bridgehead atoms. The van der Waals surface area contributed by atoms with Crippen molar-refractivity contribution >= 4 is 34.7 Å². The summed E-state index contributed by atoms with van der Waals surface area (Å²) in [6, 6.07) is 4.00. The molecule has 0 aliphatic carbocycles. The number of carbonyl (C=O) groups is 3. The van der Waals surface area contributed by atoms with E-state index in [0.717, 1.165) is 56.8 Å². The molecule has 2 aliphatic rings. The number of hydrogen-bond donors (Lipinski definition) is 5. The second kappa shape index (κ2) is 14.7. The number of hydrogen-bond acceptors (Lipinski definition) is 7. The van der Waals surface area contributed by atoms with Gasteiger partial charge in [-0.2, -0.15) is 31.4 Å². The number of rotatable bonds is 4. The van der Waals surface area contributed by atoms with Crippen LogP contribution in [-0.2, 0) is 9.59 Å². The van der Waals surface area contributed by atoms with E-state index in [4.69, 9.17) is 19.8 Å². The second-order valence-corrected chi connectivity index (χ2v) is 9.05. The number of carbonyl (C=O) groups excluding carboxylic acids is 1. The van der Waals surface area contributed by atoms with Gasteiger partial charge < -0.3 is 25.7 Å². The van der Waals surface area contributed by atoms with Gasteiger partial charge in [-0.15, -0.1) is 0 Å². The number of H-pyrrole nitrogens is 1. The molecule has 0 saturated carbocycles. The van der Waals surface area contributed by atoms with Gasteiger partial charge in [0.1, 0.15) is 11.5 Å². The molecule has 0 unspecified atom stereocenters. The number of alkyl halides is 6. The van der Waals surface area contributed by atoms with Crippen LogP contribution in [0.2, 0.25) is 0 Å². The summed E-state index contributed by atoms with van der Waals surface area (Å²) < 4.78 is 63.5. The largest absolute Gasteiger partial charge is 0.490 e. The molecule has 0 aromatic carbocycles. The highest BCUT2D eigenvalue weighted by molar-refractivity contribution is 6.04. The standard InChI is InChI=1S/C19H28N6O.2C2HF3O2/c26-19(21-13-14-7-9-20-10-8-14)17-15-5-6-16(22-18(15)24-23-17)25-11-3-1-2-4-12-25;2*3-2(4,5)1(6)7/h5-6,14,20H,1-4,7-13H2,(H,21,26)(H,22,23,24);2*(H,6,7). The van der Waals surface area contributed by atoms with Gasteiger partial charge in [-0.25, -0.2) is 14.6 Å². The number of carboxylic acid groups (broad SMARTS) is 2. The Balaban J connectivity index is 0.000000333. The summed E-state index contributed by atoms with van der Waals surface area (Å²) >= 11 is 0. The van der Waals surface area contributed by atoms with Gasteiger partial charge in [0.05, 0.1) is 5.39 Å². The van der Waals surface area contributed by atoms with Gasteiger partial charge >= 0.3 is 24.3 Å². The van der Waals surface area contributed by atoms with Gasteiger partial charge in [0.25, 0.3) is 5.91 Å². The number of nitrogens with zero attached hydrogens (tertiary/aromatic N) is 3. The van der Waals surface area contributed by atoms with Gasteiger partial charge in [0.15, 0.2) is 5.65 Å². The number of pyridine rings is 1. The number of nitrogens with one attached hydrogen (secondary N) is 3. The Kier molecular flexibility index (Phi) is 11.9. The third-order valence-corrected chi connectivity index (χ3v) is 6.06. The maximum absolute atomic E-state index is 12.6. The van der Waals surface area contributed by atoms with Crippen LogP contribution in [0.5, 0.6) is 0 Å². The number of piperidine rings is 1. The van der Waals surface area contributed by atoms with E-state index in [-0.39, 0.29) is 5.91 Å². The maximum Gasteiger partial charge on any atom is 0.490 e. The molecule has 2 aliphatic heterocycles. The number of aliphatic carboxylic acids is 2. The zero-order valence-corrected chi connectivity index (χ0v) is 21.2. The number of amides is 1. The lowest BCUT2D eigenvalue weighted by Crippen LogP contribution is -2.36. The van der Waals surface area contributed by atoms with E-state index in [1.165, 1.54) is 25.7 Å². The van der Waals surface area contributed by atoms with Crippen LogP contribution in [0.4, 0.5) is 32.2 Å². The van der Waals surface area contributed by atoms with Crippen molar-refractivity contribution in [2.75, 3.05) is 37.6 Å². The molecule has 5 N–H and O–H groups in total. The first-order chi connectivity index (χ1) is 18.7. The maximum atomic E-state index is 12.6. The molecule has 0 atom stereocenters. The molecular formula is C23H30F6N6O5. The number of halogens is 6. The van der Waals surface area contributed by atoms with Crippen molar-refractivity contribution in [3.8, 4) is 0 Å². The first-order valence-corrected chi connectivity index (χ1v) is 12.4. The van der Waals surface area contributed by atoms with Crippen molar-refractivity contribution < 1.29 is 50.9 Å². The Morgan fingerprint density at radius 3 is 1.95 bits per heavy atom. The highest BCUT2D eigenvalue weighted by Gasteiger charge is 2.38. The van der Waals surface area contributed by atoms with Crippen molar-refractivity contribution in [1.29, 1.82) is 0 Å². The zero-order valence-electron chi connectivity index (χ0n) is 21.2. The molecule has 11 nitrogen and oxygen atoms in total. The summed E-state index contributed by atoms with van der Waals surface area (Å²) in [5.41, 5.74) is 1.14. The molecule has 2 fully saturated rings. The highest BCUT2D eigenvalue weighted by Crippen LogP contribution is 2.22. The Hall–Kier alpha value is -3.63. The minimum Gasteiger partial charge on any atom is -0.475 e. The van der Waals surface area contributed by atoms with E-state index in [0.29, 0.717) is 17.3 Å². The lowest BCUT2D eigenvalue weighted by molar-refractivity contribution is -0.193. The third kappa shape index (κ3) is 10.5. The minimum absolute atomic E-state index is 0.0876. The molecule has 40 heavy (non-hydrogen) atoms. The quantitative estimate of drug-likeness (QED) is 0.340. The molecule has 0 radical (unpaired) electrons. The lowest BCUT2D eigenvalue weighted by Gasteiger charge is -2.22. The van der Waals surface area contributed by atoms with Gasteiger partial charge in [-0.3, -0.25) is 9.89 Å². The number of aromatic amines is 1. The molecule has 0 spiro atoms. The Labute approximate surface area is 224 Å². The zero-order chi connectivity index (χ0) is 29.9. The molecule has 1 amide bonds. The minimum atomic E-state index is -5.08. The Morgan fingerprint density at radius 2 is 1.45 bits per heavy atom. The summed E-state index contributed by atoms with van der Waals surface area (Å²) in [7, 11) is 0. The first-order valence-electron chi connectivity index (χ1n) is 12.4. The highest BCUT2D eigenvalue weighted by atomic mass is 19.4. The van der Waals surface area contributed by atoms with Crippen molar-refractivity contribution in [2.45, 2.75) is 50.9 Å². The van der Waals surface area contributed by atoms with E-state index < -0.39 is 24.3 Å². The number of fused-ring (bicyclic) bond motifs is 1. The van der Waals surface area contributed by atoms with Crippen LogP contribution in [0.15, 0.2) is 12.1 Å². The van der Waals surface area contributed by atoms with Crippen LogP contribution in [0.3, 0.4) is 0 Å². The molecule has 2 saturated heterocycles. The fraction of sp³-hybridized carbons (Fsp3) is 0.609. The van der Waals surface area contributed by atoms with Crippen LogP contribution < -0.4 is 15.5 Å². The van der Waals surface area contributed by atoms with Crippen LogP contribution in [0.1, 0.15) is 49.0 Å². The van der Waals surface area contributed by atoms with Crippen LogP contribution >= 0.6 is 0 Å². The Bertz CT molecular complexity index is 1100. The van der Waals surface area contributed by atoms with Gasteiger partial charge in [-0.1, -0.05) is 12.8 Å². The number of anilines is 1. The van der Waals surface area contributed by atoms with Crippen LogP contribution in [0, 0.1) is 5.92 Å². The first kappa shape index (κ1) is 32.6. The summed E-state index contributed by atoms with van der Waals surface area (Å²) in [6.45, 7) is 4.90. The van der Waals surface area contributed by atoms with Crippen molar-refractivity contribution in [1.82, 2.24) is 25.8 Å². The second-order valence-electron chi connectivity index (χ2n) is 9.05. The van der Waals surface area contributed by atoms with Crippen LogP contribution in [0.25, 0.3) is 11.0 Å². The molecule has 4 rings (SSSR count). The van der Waals surface area contributed by atoms with Crippen molar-refractivity contribution in [2.24, 2.45) is 5.92 Å². The van der Waals surface area contributed by atoms with Gasteiger partial charge in [-0.05, 0) is 56.8 Å². The monoisotopic (exact) mass is 584 g/mol. The molecule has 224 valence electrons. The molecular weight excluding hydrogens is 554 g/mol. The average Bonchev–Trinajstić information content (AvgIpc) is 3.12. The predicted molar refractivity (Wildman–Crippen MR) is 130 cm³/mol. The molecule has 17 heteroatoms. The molecule has 4 heterocycles. The number of carboxylic acids is 2. The van der Waals surface area contributed by atoms with E-state index in [2.05, 4.69) is 30.7 Å². The molecule has 2 aromatic rings. The van der Waals surface area contributed by atoms with E-state index in [1.54, 1.807) is 0 Å². The topological polar surface area (TPSA) is 161 Å². The smallest absolute Gasteiger partial charge is 0.475 e. The normalized spacial score (nSPS) is 16.6.